The molecule has 0 N–H and O–H groups in total. The highest BCUT2D eigenvalue weighted by molar-refractivity contribution is 7.80. The van der Waals surface area contributed by atoms with Gasteiger partial charge in [0.2, 0.25) is 11.1 Å². The van der Waals surface area contributed by atoms with Crippen LogP contribution in [0.5, 0.6) is 5.75 Å². The van der Waals surface area contributed by atoms with Crippen LogP contribution in [0, 0.1) is 6.92 Å². The van der Waals surface area contributed by atoms with Crippen LogP contribution in [0.1, 0.15) is 33.3 Å². The number of nitrogens with zero attached hydrogens (tertiary/aromatic N) is 4. The number of hydrogen-bond donors (Lipinski definition) is 0. The second-order valence-electron chi connectivity index (χ2n) is 7.29. The molecule has 198 valence electrons. The largest absolute Gasteiger partial charge is 0.323 e. The molecule has 1 unspecified atom stereocenters. The zero-order valence-corrected chi connectivity index (χ0v) is 23.5. The third-order valence-corrected chi connectivity index (χ3v) is 5.66. The molecule has 38 heavy (non-hydrogen) atoms. The Bertz CT molecular complexity index is 1300. The molecule has 0 fully saturated rings. The highest BCUT2D eigenvalue weighted by Gasteiger charge is 2.07. The van der Waals surface area contributed by atoms with Gasteiger partial charge in [-0.1, -0.05) is 74.0 Å². The predicted octanol–water partition coefficient (Wildman–Crippen LogP) is 9.88. The average Bonchev–Trinajstić information content (AvgIpc) is 2.99. The van der Waals surface area contributed by atoms with Crippen molar-refractivity contribution in [2.45, 2.75) is 39.5 Å². The number of aryl methyl sites for hydroxylation is 1. The molecule has 0 amide bonds. The molecule has 0 saturated carbocycles. The van der Waals surface area contributed by atoms with Crippen LogP contribution in [0.2, 0.25) is 0 Å². The van der Waals surface area contributed by atoms with Crippen molar-refractivity contribution in [3.63, 3.8) is 0 Å². The zero-order chi connectivity index (χ0) is 27.8. The maximum Gasteiger partial charge on any atom is 0.232 e. The van der Waals surface area contributed by atoms with Crippen molar-refractivity contribution in [1.29, 1.82) is 0 Å². The number of benzene rings is 4. The molecular weight excluding hydrogens is 496 g/mol. The highest BCUT2D eigenvalue weighted by Crippen LogP contribution is 2.26. The lowest BCUT2D eigenvalue weighted by molar-refractivity contribution is -0.0856. The maximum atomic E-state index is 12.1. The smallest absolute Gasteiger partial charge is 0.232 e. The van der Waals surface area contributed by atoms with E-state index in [1.54, 1.807) is 43.4 Å². The first-order valence-electron chi connectivity index (χ1n) is 12.5. The second kappa shape index (κ2) is 16.7. The standard InChI is InChI=1S/C26H22N4O3S.2C2H6/c1-19-3-17-26(18-4-19)34(31)33-32-25-15-13-24(14-16-25)30-29-23-11-7-21(8-12-23)20-5-9-22(10-6-20)28-27-2;2*1-2/h3-18H,1-2H3;2*1-2H3. The van der Waals surface area contributed by atoms with E-state index < -0.39 is 11.1 Å². The molecule has 4 rings (SSSR count). The predicted molar refractivity (Wildman–Crippen MR) is 155 cm³/mol. The van der Waals surface area contributed by atoms with Gasteiger partial charge in [0.15, 0.2) is 5.75 Å². The Hall–Kier alpha value is -4.01. The van der Waals surface area contributed by atoms with Crippen molar-refractivity contribution in [1.82, 2.24) is 0 Å². The number of azo groups is 2. The van der Waals surface area contributed by atoms with Gasteiger partial charge in [-0.05, 0) is 78.7 Å². The summed E-state index contributed by atoms with van der Waals surface area (Å²) in [5.74, 6) is 0.412. The first kappa shape index (κ1) is 30.2. The quantitative estimate of drug-likeness (QED) is 0.129. The number of hydrogen-bond acceptors (Lipinski definition) is 7. The molecule has 0 radical (unpaired) electrons. The van der Waals surface area contributed by atoms with Gasteiger partial charge in [-0.3, -0.25) is 0 Å². The van der Waals surface area contributed by atoms with E-state index in [-0.39, 0.29) is 0 Å². The Kier molecular flexibility index (Phi) is 13.3. The lowest BCUT2D eigenvalue weighted by Crippen LogP contribution is -2.02. The Morgan fingerprint density at radius 3 is 1.45 bits per heavy atom. The third kappa shape index (κ3) is 9.46. The Labute approximate surface area is 227 Å². The fraction of sp³-hybridized carbons (Fsp3) is 0.200. The highest BCUT2D eigenvalue weighted by atomic mass is 32.2. The van der Waals surface area contributed by atoms with Crippen LogP contribution in [0.15, 0.2) is 122 Å². The maximum absolute atomic E-state index is 12.1. The van der Waals surface area contributed by atoms with Crippen LogP contribution >= 0.6 is 0 Å². The molecule has 4 aromatic carbocycles. The van der Waals surface area contributed by atoms with Crippen molar-refractivity contribution in [2.24, 2.45) is 20.5 Å². The molecule has 0 aliphatic carbocycles. The van der Waals surface area contributed by atoms with E-state index >= 15 is 0 Å². The van der Waals surface area contributed by atoms with Gasteiger partial charge in [0.1, 0.15) is 0 Å². The van der Waals surface area contributed by atoms with E-state index in [0.29, 0.717) is 16.3 Å². The molecule has 0 saturated heterocycles. The summed E-state index contributed by atoms with van der Waals surface area (Å²) in [6, 6.07) is 29.7. The van der Waals surface area contributed by atoms with Crippen LogP contribution in [0.25, 0.3) is 11.1 Å². The summed E-state index contributed by atoms with van der Waals surface area (Å²) in [5, 5.41) is 16.3. The van der Waals surface area contributed by atoms with Crippen LogP contribution < -0.4 is 4.89 Å². The van der Waals surface area contributed by atoms with E-state index in [1.807, 2.05) is 95.3 Å². The normalized spacial score (nSPS) is 11.3. The van der Waals surface area contributed by atoms with Crippen LogP contribution in [-0.4, -0.2) is 11.3 Å². The van der Waals surface area contributed by atoms with E-state index in [4.69, 9.17) is 9.22 Å². The molecule has 4 aromatic rings. The van der Waals surface area contributed by atoms with Gasteiger partial charge in [-0.2, -0.15) is 20.5 Å². The topological polar surface area (TPSA) is 85.0 Å². The molecular formula is C30H34N4O3S. The van der Waals surface area contributed by atoms with Gasteiger partial charge in [0.25, 0.3) is 0 Å². The average molecular weight is 531 g/mol. The SMILES string of the molecule is CC.CC.CN=Nc1ccc(-c2ccc(N=Nc3ccc(OOS(=O)c4ccc(C)cc4)cc3)cc2)cc1. The van der Waals surface area contributed by atoms with Crippen molar-refractivity contribution >= 4 is 28.1 Å². The molecule has 8 heteroatoms. The van der Waals surface area contributed by atoms with Crippen LogP contribution in [0.3, 0.4) is 0 Å². The summed E-state index contributed by atoms with van der Waals surface area (Å²) in [6.07, 6.45) is 0. The fourth-order valence-electron chi connectivity index (χ4n) is 3.00. The van der Waals surface area contributed by atoms with Gasteiger partial charge in [-0.15, -0.1) is 0 Å². The summed E-state index contributed by atoms with van der Waals surface area (Å²) in [7, 11) is 1.65. The van der Waals surface area contributed by atoms with Crippen LogP contribution in [-0.2, 0) is 15.4 Å². The summed E-state index contributed by atoms with van der Waals surface area (Å²) in [5.41, 5.74) is 5.43. The van der Waals surface area contributed by atoms with Gasteiger partial charge in [0.05, 0.1) is 22.0 Å². The molecule has 0 heterocycles. The van der Waals surface area contributed by atoms with E-state index in [2.05, 4.69) is 20.5 Å². The van der Waals surface area contributed by atoms with E-state index in [0.717, 1.165) is 28.1 Å². The summed E-state index contributed by atoms with van der Waals surface area (Å²) >= 11 is -1.72. The number of rotatable bonds is 8. The Morgan fingerprint density at radius 1 is 0.579 bits per heavy atom. The van der Waals surface area contributed by atoms with Crippen molar-refractivity contribution < 1.29 is 13.4 Å². The van der Waals surface area contributed by atoms with E-state index in [1.165, 1.54) is 0 Å². The minimum atomic E-state index is -1.72. The summed E-state index contributed by atoms with van der Waals surface area (Å²) in [6.45, 7) is 9.96. The molecule has 7 nitrogen and oxygen atoms in total. The van der Waals surface area contributed by atoms with E-state index in [9.17, 15) is 4.21 Å². The first-order chi connectivity index (χ1) is 18.6. The Morgan fingerprint density at radius 2 is 1.00 bits per heavy atom. The fourth-order valence-corrected chi connectivity index (χ4v) is 3.58. The first-order valence-corrected chi connectivity index (χ1v) is 13.5. The molecule has 0 aliphatic heterocycles. The molecule has 0 aliphatic rings. The molecule has 1 atom stereocenters. The summed E-state index contributed by atoms with van der Waals surface area (Å²) < 4.78 is 17.1. The van der Waals surface area contributed by atoms with Crippen LogP contribution in [0.4, 0.5) is 17.1 Å². The lowest BCUT2D eigenvalue weighted by atomic mass is 10.1. The Balaban J connectivity index is 0.00000121. The van der Waals surface area contributed by atoms with Crippen molar-refractivity contribution in [3.05, 3.63) is 103 Å². The van der Waals surface area contributed by atoms with Gasteiger partial charge in [0, 0.05) is 7.05 Å². The van der Waals surface area contributed by atoms with Gasteiger partial charge in [-0.25, -0.2) is 4.21 Å². The summed E-state index contributed by atoms with van der Waals surface area (Å²) in [4.78, 5) is 5.69. The minimum Gasteiger partial charge on any atom is -0.323 e. The van der Waals surface area contributed by atoms with Crippen molar-refractivity contribution in [3.8, 4) is 16.9 Å². The molecule has 0 aromatic heterocycles. The van der Waals surface area contributed by atoms with Gasteiger partial charge < -0.3 is 4.89 Å². The molecule has 0 bridgehead atoms. The minimum absolute atomic E-state index is 0.412. The molecule has 0 spiro atoms. The third-order valence-electron chi connectivity index (χ3n) is 4.81. The zero-order valence-electron chi connectivity index (χ0n) is 22.7. The van der Waals surface area contributed by atoms with Gasteiger partial charge >= 0.3 is 0 Å². The lowest BCUT2D eigenvalue weighted by Gasteiger charge is -2.04. The second-order valence-corrected chi connectivity index (χ2v) is 8.36. The van der Waals surface area contributed by atoms with Crippen molar-refractivity contribution in [2.75, 3.05) is 7.05 Å². The monoisotopic (exact) mass is 530 g/mol.